The van der Waals surface area contributed by atoms with Crippen molar-refractivity contribution in [2.45, 2.75) is 43.1 Å². The van der Waals surface area contributed by atoms with Gasteiger partial charge in [0.05, 0.1) is 5.25 Å². The Bertz CT molecular complexity index is 297. The van der Waals surface area contributed by atoms with Gasteiger partial charge in [-0.25, -0.2) is 0 Å². The highest BCUT2D eigenvalue weighted by atomic mass is 32.2. The van der Waals surface area contributed by atoms with Gasteiger partial charge in [0.15, 0.2) is 0 Å². The van der Waals surface area contributed by atoms with Crippen LogP contribution in [0.15, 0.2) is 17.5 Å². The molecule has 0 spiro atoms. The smallest absolute Gasteiger partial charge is 0.0516 e. The van der Waals surface area contributed by atoms with Crippen molar-refractivity contribution in [2.75, 3.05) is 6.54 Å². The van der Waals surface area contributed by atoms with E-state index in [-0.39, 0.29) is 0 Å². The number of hydrogen-bond donors (Lipinski definition) is 1. The van der Waals surface area contributed by atoms with Gasteiger partial charge in [-0.05, 0) is 30.2 Å². The zero-order valence-electron chi connectivity index (χ0n) is 9.89. The lowest BCUT2D eigenvalue weighted by Crippen LogP contribution is -2.19. The highest BCUT2D eigenvalue weighted by Crippen LogP contribution is 2.40. The predicted molar refractivity (Wildman–Crippen MR) is 75.1 cm³/mol. The lowest BCUT2D eigenvalue weighted by molar-refractivity contribution is 0.393. The van der Waals surface area contributed by atoms with E-state index >= 15 is 0 Å². The van der Waals surface area contributed by atoms with Gasteiger partial charge >= 0.3 is 0 Å². The molecule has 0 radical (unpaired) electrons. The van der Waals surface area contributed by atoms with E-state index in [2.05, 4.69) is 36.2 Å². The lowest BCUT2D eigenvalue weighted by Gasteiger charge is -2.28. The molecule has 3 unspecified atom stereocenters. The first kappa shape index (κ1) is 12.5. The highest BCUT2D eigenvalue weighted by molar-refractivity contribution is 8.00. The molecule has 3 heteroatoms. The molecule has 1 aliphatic rings. The van der Waals surface area contributed by atoms with Crippen LogP contribution in [0.25, 0.3) is 0 Å². The molecule has 3 atom stereocenters. The summed E-state index contributed by atoms with van der Waals surface area (Å²) in [5.74, 6) is 0.910. The quantitative estimate of drug-likeness (QED) is 0.878. The van der Waals surface area contributed by atoms with Crippen molar-refractivity contribution in [1.82, 2.24) is 0 Å². The van der Waals surface area contributed by atoms with E-state index < -0.39 is 0 Å². The van der Waals surface area contributed by atoms with Crippen molar-refractivity contribution in [3.63, 3.8) is 0 Å². The third-order valence-electron chi connectivity index (χ3n) is 3.32. The summed E-state index contributed by atoms with van der Waals surface area (Å²) in [4.78, 5) is 1.45. The Labute approximate surface area is 107 Å². The summed E-state index contributed by atoms with van der Waals surface area (Å²) in [5.41, 5.74) is 5.90. The van der Waals surface area contributed by atoms with E-state index in [1.807, 2.05) is 11.3 Å². The maximum Gasteiger partial charge on any atom is 0.0516 e. The summed E-state index contributed by atoms with van der Waals surface area (Å²) in [6.07, 6.45) is 5.59. The van der Waals surface area contributed by atoms with Gasteiger partial charge < -0.3 is 5.73 Å². The van der Waals surface area contributed by atoms with E-state index in [0.717, 1.165) is 17.7 Å². The fraction of sp³-hybridized carbons (Fsp3) is 0.692. The number of nitrogens with two attached hydrogens (primary N) is 1. The summed E-state index contributed by atoms with van der Waals surface area (Å²) in [6.45, 7) is 3.16. The number of thiophene rings is 1. The standard InChI is InChI=1S/C13H21NS2/c1-10-4-2-5-11(8-10)16-13(9-14)12-6-3-7-15-12/h3,6-7,10-11,13H,2,4-5,8-9,14H2,1H3. The first-order valence-electron chi connectivity index (χ1n) is 6.18. The van der Waals surface area contributed by atoms with E-state index in [9.17, 15) is 0 Å². The molecule has 0 bridgehead atoms. The largest absolute Gasteiger partial charge is 0.329 e. The average molecular weight is 255 g/mol. The van der Waals surface area contributed by atoms with E-state index in [1.54, 1.807) is 0 Å². The molecule has 1 heterocycles. The SMILES string of the molecule is CC1CCCC(SC(CN)c2cccs2)C1. The predicted octanol–water partition coefficient (Wildman–Crippen LogP) is 4.06. The van der Waals surface area contributed by atoms with E-state index in [1.165, 1.54) is 30.6 Å². The van der Waals surface area contributed by atoms with Crippen LogP contribution in [0.2, 0.25) is 0 Å². The minimum atomic E-state index is 0.523. The molecule has 16 heavy (non-hydrogen) atoms. The van der Waals surface area contributed by atoms with Crippen LogP contribution >= 0.6 is 23.1 Å². The maximum absolute atomic E-state index is 5.90. The van der Waals surface area contributed by atoms with Crippen LogP contribution in [-0.2, 0) is 0 Å². The Morgan fingerprint density at radius 3 is 3.06 bits per heavy atom. The van der Waals surface area contributed by atoms with Gasteiger partial charge in [-0.3, -0.25) is 0 Å². The minimum absolute atomic E-state index is 0.523. The Morgan fingerprint density at radius 2 is 2.44 bits per heavy atom. The van der Waals surface area contributed by atoms with Crippen molar-refractivity contribution < 1.29 is 0 Å². The summed E-state index contributed by atoms with van der Waals surface area (Å²) in [5, 5.41) is 3.51. The summed E-state index contributed by atoms with van der Waals surface area (Å²) >= 11 is 3.96. The second kappa shape index (κ2) is 6.08. The number of hydrogen-bond acceptors (Lipinski definition) is 3. The van der Waals surface area contributed by atoms with Crippen molar-refractivity contribution in [1.29, 1.82) is 0 Å². The van der Waals surface area contributed by atoms with Gasteiger partial charge in [-0.15, -0.1) is 23.1 Å². The van der Waals surface area contributed by atoms with Crippen LogP contribution in [0, 0.1) is 5.92 Å². The Morgan fingerprint density at radius 1 is 1.56 bits per heavy atom. The molecule has 1 aromatic rings. The second-order valence-corrected chi connectivity index (χ2v) is 7.26. The fourth-order valence-corrected chi connectivity index (χ4v) is 5.03. The molecule has 1 aliphatic carbocycles. The summed E-state index contributed by atoms with van der Waals surface area (Å²) in [7, 11) is 0. The van der Waals surface area contributed by atoms with E-state index in [4.69, 9.17) is 5.73 Å². The Kier molecular flexibility index (Phi) is 4.74. The van der Waals surface area contributed by atoms with Gasteiger partial charge in [0.25, 0.3) is 0 Å². The van der Waals surface area contributed by atoms with Crippen LogP contribution < -0.4 is 5.73 Å². The Hall–Kier alpha value is 0.01000. The van der Waals surface area contributed by atoms with Crippen molar-refractivity contribution in [3.05, 3.63) is 22.4 Å². The van der Waals surface area contributed by atoms with Crippen LogP contribution in [0.3, 0.4) is 0 Å². The molecule has 0 aliphatic heterocycles. The number of rotatable bonds is 4. The average Bonchev–Trinajstić information content (AvgIpc) is 2.79. The zero-order chi connectivity index (χ0) is 11.4. The molecule has 1 aromatic heterocycles. The molecule has 0 amide bonds. The van der Waals surface area contributed by atoms with Crippen molar-refractivity contribution in [3.8, 4) is 0 Å². The minimum Gasteiger partial charge on any atom is -0.329 e. The fourth-order valence-electron chi connectivity index (χ4n) is 2.45. The summed E-state index contributed by atoms with van der Waals surface area (Å²) in [6, 6.07) is 4.36. The topological polar surface area (TPSA) is 26.0 Å². The third-order valence-corrected chi connectivity index (χ3v) is 6.04. The van der Waals surface area contributed by atoms with Crippen molar-refractivity contribution >= 4 is 23.1 Å². The van der Waals surface area contributed by atoms with Crippen LogP contribution in [0.1, 0.15) is 42.7 Å². The molecule has 1 fully saturated rings. The molecule has 90 valence electrons. The van der Waals surface area contributed by atoms with Crippen LogP contribution in [-0.4, -0.2) is 11.8 Å². The normalized spacial score (nSPS) is 27.9. The molecular weight excluding hydrogens is 234 g/mol. The molecule has 0 saturated heterocycles. The molecule has 1 saturated carbocycles. The van der Waals surface area contributed by atoms with E-state index in [0.29, 0.717) is 5.25 Å². The first-order chi connectivity index (χ1) is 7.79. The van der Waals surface area contributed by atoms with Gasteiger partial charge in [-0.2, -0.15) is 0 Å². The second-order valence-electron chi connectivity index (χ2n) is 4.77. The first-order valence-corrected chi connectivity index (χ1v) is 8.00. The maximum atomic E-state index is 5.90. The van der Waals surface area contributed by atoms with Crippen LogP contribution in [0.5, 0.6) is 0 Å². The van der Waals surface area contributed by atoms with Crippen molar-refractivity contribution in [2.24, 2.45) is 11.7 Å². The zero-order valence-corrected chi connectivity index (χ0v) is 11.5. The molecule has 0 aromatic carbocycles. The molecule has 2 rings (SSSR count). The highest BCUT2D eigenvalue weighted by Gasteiger charge is 2.23. The third kappa shape index (κ3) is 3.25. The molecule has 2 N–H and O–H groups in total. The number of thioether (sulfide) groups is 1. The van der Waals surface area contributed by atoms with Gasteiger partial charge in [0, 0.05) is 16.7 Å². The summed E-state index contributed by atoms with van der Waals surface area (Å²) < 4.78 is 0. The lowest BCUT2D eigenvalue weighted by atomic mass is 9.91. The van der Waals surface area contributed by atoms with Gasteiger partial charge in [0.2, 0.25) is 0 Å². The van der Waals surface area contributed by atoms with Crippen LogP contribution in [0.4, 0.5) is 0 Å². The van der Waals surface area contributed by atoms with Gasteiger partial charge in [0.1, 0.15) is 0 Å². The van der Waals surface area contributed by atoms with Gasteiger partial charge in [-0.1, -0.05) is 25.8 Å². The Balaban J connectivity index is 1.91. The monoisotopic (exact) mass is 255 g/mol. The molecule has 1 nitrogen and oxygen atoms in total. The molecular formula is C13H21NS2.